The molecule has 3 nitrogen and oxygen atoms in total. The minimum Gasteiger partial charge on any atom is -0.465 e. The van der Waals surface area contributed by atoms with E-state index in [-0.39, 0.29) is 0 Å². The molecule has 0 aromatic heterocycles. The third-order valence-electron chi connectivity index (χ3n) is 2.68. The molecular weight excluding hydrogens is 294 g/mol. The Morgan fingerprint density at radius 2 is 2.05 bits per heavy atom. The zero-order valence-corrected chi connectivity index (χ0v) is 12.7. The van der Waals surface area contributed by atoms with Gasteiger partial charge >= 0.3 is 5.97 Å². The first-order valence-electron chi connectivity index (χ1n) is 5.93. The van der Waals surface area contributed by atoms with Crippen molar-refractivity contribution >= 4 is 35.0 Å². The zero-order chi connectivity index (χ0) is 14.7. The lowest BCUT2D eigenvalue weighted by Gasteiger charge is -2.11. The van der Waals surface area contributed by atoms with Crippen LogP contribution in [-0.4, -0.2) is 13.1 Å². The summed E-state index contributed by atoms with van der Waals surface area (Å²) in [6.07, 6.45) is 0. The Balaban J connectivity index is 2.47. The quantitative estimate of drug-likeness (QED) is 0.683. The maximum atomic E-state index is 11.8. The largest absolute Gasteiger partial charge is 0.465 e. The molecule has 20 heavy (non-hydrogen) atoms. The average Bonchev–Trinajstić information content (AvgIpc) is 2.40. The first kappa shape index (κ1) is 14.8. The van der Waals surface area contributed by atoms with Gasteiger partial charge in [0, 0.05) is 15.5 Å². The van der Waals surface area contributed by atoms with Crippen molar-refractivity contribution in [3.63, 3.8) is 0 Å². The lowest BCUT2D eigenvalue weighted by Crippen LogP contribution is -2.04. The fourth-order valence-corrected chi connectivity index (χ4v) is 3.16. The third kappa shape index (κ3) is 3.26. The second-order valence-corrected chi connectivity index (χ2v) is 5.78. The number of esters is 1. The van der Waals surface area contributed by atoms with Gasteiger partial charge in [0.1, 0.15) is 0 Å². The van der Waals surface area contributed by atoms with Crippen LogP contribution in [0.25, 0.3) is 0 Å². The van der Waals surface area contributed by atoms with E-state index in [1.165, 1.54) is 18.9 Å². The van der Waals surface area contributed by atoms with Crippen LogP contribution in [0.5, 0.6) is 0 Å². The number of nitrogens with two attached hydrogens (primary N) is 1. The highest BCUT2D eigenvalue weighted by Gasteiger charge is 2.17. The van der Waals surface area contributed by atoms with Crippen LogP contribution in [0.15, 0.2) is 46.2 Å². The number of ether oxygens (including phenoxy) is 1. The number of nitrogen functional groups attached to an aromatic ring is 1. The van der Waals surface area contributed by atoms with Gasteiger partial charge in [-0.05, 0) is 31.2 Å². The number of rotatable bonds is 3. The zero-order valence-electron chi connectivity index (χ0n) is 11.1. The molecule has 5 heteroatoms. The number of carbonyl (C=O) groups is 1. The van der Waals surface area contributed by atoms with Gasteiger partial charge in [-0.3, -0.25) is 0 Å². The van der Waals surface area contributed by atoms with Gasteiger partial charge in [0.15, 0.2) is 0 Å². The van der Waals surface area contributed by atoms with Crippen molar-refractivity contribution < 1.29 is 9.53 Å². The molecule has 0 fully saturated rings. The van der Waals surface area contributed by atoms with Crippen molar-refractivity contribution in [2.75, 3.05) is 12.8 Å². The van der Waals surface area contributed by atoms with Gasteiger partial charge in [-0.1, -0.05) is 41.1 Å². The van der Waals surface area contributed by atoms with Crippen molar-refractivity contribution in [3.05, 3.63) is 52.5 Å². The van der Waals surface area contributed by atoms with Crippen molar-refractivity contribution in [2.45, 2.75) is 16.7 Å². The Bertz CT molecular complexity index is 658. The van der Waals surface area contributed by atoms with Gasteiger partial charge in [-0.15, -0.1) is 0 Å². The van der Waals surface area contributed by atoms with E-state index in [0.29, 0.717) is 21.2 Å². The summed E-state index contributed by atoms with van der Waals surface area (Å²) in [6, 6.07) is 11.2. The minimum absolute atomic E-state index is 0.379. The summed E-state index contributed by atoms with van der Waals surface area (Å²) in [5.74, 6) is -0.450. The monoisotopic (exact) mass is 307 g/mol. The van der Waals surface area contributed by atoms with Gasteiger partial charge in [0.25, 0.3) is 0 Å². The molecule has 2 N–H and O–H groups in total. The van der Waals surface area contributed by atoms with Crippen LogP contribution < -0.4 is 5.73 Å². The van der Waals surface area contributed by atoms with Crippen LogP contribution in [0, 0.1) is 6.92 Å². The van der Waals surface area contributed by atoms with Gasteiger partial charge < -0.3 is 10.5 Å². The normalized spacial score (nSPS) is 10.3. The van der Waals surface area contributed by atoms with Gasteiger partial charge in [0.2, 0.25) is 0 Å². The van der Waals surface area contributed by atoms with E-state index in [4.69, 9.17) is 22.1 Å². The summed E-state index contributed by atoms with van der Waals surface area (Å²) in [4.78, 5) is 13.5. The van der Waals surface area contributed by atoms with Gasteiger partial charge in [0.05, 0.1) is 17.7 Å². The van der Waals surface area contributed by atoms with E-state index in [1.807, 2.05) is 31.2 Å². The van der Waals surface area contributed by atoms with E-state index >= 15 is 0 Å². The molecule has 0 spiro atoms. The lowest BCUT2D eigenvalue weighted by atomic mass is 10.2. The molecule has 0 saturated carbocycles. The highest BCUT2D eigenvalue weighted by molar-refractivity contribution is 7.99. The number of aryl methyl sites for hydroxylation is 1. The Labute approximate surface area is 127 Å². The van der Waals surface area contributed by atoms with E-state index in [1.54, 1.807) is 12.1 Å². The third-order valence-corrected chi connectivity index (χ3v) is 4.22. The van der Waals surface area contributed by atoms with Gasteiger partial charge in [-0.2, -0.15) is 0 Å². The Hall–Kier alpha value is -1.65. The molecule has 0 unspecified atom stereocenters. The number of benzene rings is 2. The second kappa shape index (κ2) is 6.20. The summed E-state index contributed by atoms with van der Waals surface area (Å²) in [6.45, 7) is 2.01. The van der Waals surface area contributed by atoms with E-state index in [2.05, 4.69) is 0 Å². The Morgan fingerprint density at radius 1 is 1.30 bits per heavy atom. The maximum absolute atomic E-state index is 11.8. The number of carbonyl (C=O) groups excluding carboxylic acids is 1. The summed E-state index contributed by atoms with van der Waals surface area (Å²) >= 11 is 7.64. The smallest absolute Gasteiger partial charge is 0.339 e. The standard InChI is InChI=1S/C15H14ClNO2S/c1-9-4-3-5-11(6-9)20-14-12(15(18)19-2)7-10(17)8-13(14)16/h3-8H,17H2,1-2H3. The average molecular weight is 308 g/mol. The van der Waals surface area contributed by atoms with Crippen molar-refractivity contribution in [1.29, 1.82) is 0 Å². The molecule has 0 saturated heterocycles. The van der Waals surface area contributed by atoms with Crippen molar-refractivity contribution in [1.82, 2.24) is 0 Å². The predicted octanol–water partition coefficient (Wildman–Crippen LogP) is 4.17. The SMILES string of the molecule is COC(=O)c1cc(N)cc(Cl)c1Sc1cccc(C)c1. The first-order valence-corrected chi connectivity index (χ1v) is 7.12. The molecule has 0 aliphatic rings. The predicted molar refractivity (Wildman–Crippen MR) is 82.5 cm³/mol. The Morgan fingerprint density at radius 3 is 2.70 bits per heavy atom. The second-order valence-electron chi connectivity index (χ2n) is 4.29. The molecule has 0 heterocycles. The molecule has 0 amide bonds. The molecule has 0 aliphatic heterocycles. The molecule has 0 bridgehead atoms. The van der Waals surface area contributed by atoms with Crippen LogP contribution in [0.3, 0.4) is 0 Å². The summed E-state index contributed by atoms with van der Waals surface area (Å²) in [7, 11) is 1.33. The highest BCUT2D eigenvalue weighted by atomic mass is 35.5. The molecule has 0 radical (unpaired) electrons. The minimum atomic E-state index is -0.450. The van der Waals surface area contributed by atoms with Crippen LogP contribution in [0.1, 0.15) is 15.9 Å². The van der Waals surface area contributed by atoms with Crippen molar-refractivity contribution in [3.8, 4) is 0 Å². The van der Waals surface area contributed by atoms with E-state index in [0.717, 1.165) is 10.5 Å². The number of anilines is 1. The van der Waals surface area contributed by atoms with Crippen LogP contribution in [0.4, 0.5) is 5.69 Å². The summed E-state index contributed by atoms with van der Waals surface area (Å²) < 4.78 is 4.78. The van der Waals surface area contributed by atoms with Gasteiger partial charge in [-0.25, -0.2) is 4.79 Å². The number of hydrogen-bond donors (Lipinski definition) is 1. The first-order chi connectivity index (χ1) is 9.51. The number of methoxy groups -OCH3 is 1. The van der Waals surface area contributed by atoms with Crippen molar-refractivity contribution in [2.24, 2.45) is 0 Å². The van der Waals surface area contributed by atoms with Crippen LogP contribution in [-0.2, 0) is 4.74 Å². The maximum Gasteiger partial charge on any atom is 0.339 e. The summed E-state index contributed by atoms with van der Waals surface area (Å²) in [5.41, 5.74) is 7.69. The van der Waals surface area contributed by atoms with Crippen LogP contribution >= 0.6 is 23.4 Å². The highest BCUT2D eigenvalue weighted by Crippen LogP contribution is 2.38. The molecule has 0 atom stereocenters. The molecular formula is C15H14ClNO2S. The molecule has 2 aromatic rings. The summed E-state index contributed by atoms with van der Waals surface area (Å²) in [5, 5.41) is 0.442. The van der Waals surface area contributed by atoms with E-state index in [9.17, 15) is 4.79 Å². The fourth-order valence-electron chi connectivity index (χ4n) is 1.78. The number of halogens is 1. The van der Waals surface area contributed by atoms with Crippen LogP contribution in [0.2, 0.25) is 5.02 Å². The Kier molecular flexibility index (Phi) is 4.57. The van der Waals surface area contributed by atoms with E-state index < -0.39 is 5.97 Å². The molecule has 2 rings (SSSR count). The molecule has 104 valence electrons. The lowest BCUT2D eigenvalue weighted by molar-refractivity contribution is 0.0597. The molecule has 0 aliphatic carbocycles. The topological polar surface area (TPSA) is 52.3 Å². The fraction of sp³-hybridized carbons (Fsp3) is 0.133. The molecule has 2 aromatic carbocycles. The number of hydrogen-bond acceptors (Lipinski definition) is 4.